The van der Waals surface area contributed by atoms with Gasteiger partial charge in [-0.1, -0.05) is 47.5 Å². The molecule has 0 aromatic heterocycles. The molecule has 2 nitrogen and oxygen atoms in total. The van der Waals surface area contributed by atoms with E-state index >= 15 is 0 Å². The lowest BCUT2D eigenvalue weighted by atomic mass is 10.1. The Bertz CT molecular complexity index is 599. The van der Waals surface area contributed by atoms with Gasteiger partial charge in [-0.15, -0.1) is 0 Å². The van der Waals surface area contributed by atoms with Crippen molar-refractivity contribution in [1.82, 2.24) is 0 Å². The van der Waals surface area contributed by atoms with E-state index in [-0.39, 0.29) is 5.78 Å². The zero-order valence-corrected chi connectivity index (χ0v) is 12.4. The Labute approximate surface area is 120 Å². The van der Waals surface area contributed by atoms with E-state index in [1.165, 1.54) is 16.7 Å². The van der Waals surface area contributed by atoms with Crippen LogP contribution < -0.4 is 5.32 Å². The normalized spacial score (nSPS) is 10.3. The van der Waals surface area contributed by atoms with Crippen LogP contribution in [0.4, 0.5) is 5.69 Å². The van der Waals surface area contributed by atoms with Crippen LogP contribution in [0.2, 0.25) is 0 Å². The zero-order valence-electron chi connectivity index (χ0n) is 12.4. The molecule has 0 spiro atoms. The van der Waals surface area contributed by atoms with E-state index in [1.54, 1.807) is 0 Å². The fourth-order valence-corrected chi connectivity index (χ4v) is 2.21. The van der Waals surface area contributed by atoms with Crippen LogP contribution in [0.5, 0.6) is 0 Å². The fourth-order valence-electron chi connectivity index (χ4n) is 2.21. The van der Waals surface area contributed by atoms with Crippen molar-refractivity contribution in [3.63, 3.8) is 0 Å². The van der Waals surface area contributed by atoms with Crippen molar-refractivity contribution in [2.24, 2.45) is 0 Å². The Hall–Kier alpha value is -2.09. The Kier molecular flexibility index (Phi) is 4.57. The summed E-state index contributed by atoms with van der Waals surface area (Å²) in [5, 5.41) is 3.33. The van der Waals surface area contributed by atoms with Crippen LogP contribution in [0.15, 0.2) is 42.5 Å². The summed E-state index contributed by atoms with van der Waals surface area (Å²) in [5.74, 6) is 0.183. The van der Waals surface area contributed by atoms with Crippen molar-refractivity contribution in [2.45, 2.75) is 27.2 Å². The van der Waals surface area contributed by atoms with Crippen LogP contribution >= 0.6 is 0 Å². The van der Waals surface area contributed by atoms with Gasteiger partial charge in [0.05, 0.1) is 0 Å². The quantitative estimate of drug-likeness (QED) is 0.818. The van der Waals surface area contributed by atoms with E-state index in [9.17, 15) is 4.79 Å². The molecule has 0 aliphatic rings. The average Bonchev–Trinajstić information content (AvgIpc) is 2.42. The maximum Gasteiger partial charge on any atom is 0.164 e. The summed E-state index contributed by atoms with van der Waals surface area (Å²) in [4.78, 5) is 12.0. The highest BCUT2D eigenvalue weighted by Crippen LogP contribution is 2.16. The summed E-state index contributed by atoms with van der Waals surface area (Å²) in [6, 6.07) is 14.0. The molecule has 2 aromatic carbocycles. The molecular weight excluding hydrogens is 246 g/mol. The number of aryl methyl sites for hydroxylation is 3. The monoisotopic (exact) mass is 267 g/mol. The highest BCUT2D eigenvalue weighted by Gasteiger charge is 2.05. The number of nitrogens with one attached hydrogen (secondary N) is 1. The van der Waals surface area contributed by atoms with Crippen molar-refractivity contribution in [3.8, 4) is 0 Å². The second kappa shape index (κ2) is 6.38. The number of carbonyl (C=O) groups is 1. The zero-order chi connectivity index (χ0) is 14.5. The molecule has 0 aliphatic heterocycles. The van der Waals surface area contributed by atoms with E-state index in [4.69, 9.17) is 0 Å². The molecule has 104 valence electrons. The number of benzene rings is 2. The number of rotatable bonds is 5. The van der Waals surface area contributed by atoms with Gasteiger partial charge in [0.1, 0.15) is 0 Å². The third-order valence-electron chi connectivity index (χ3n) is 3.42. The van der Waals surface area contributed by atoms with Gasteiger partial charge in [-0.2, -0.15) is 0 Å². The molecule has 0 radical (unpaired) electrons. The second-order valence-electron chi connectivity index (χ2n) is 5.28. The van der Waals surface area contributed by atoms with Crippen molar-refractivity contribution in [1.29, 1.82) is 0 Å². The SMILES string of the molecule is Cc1ccc(C(=O)CCNc2ccc(C)cc2C)cc1. The minimum atomic E-state index is 0.183. The molecule has 0 heterocycles. The topological polar surface area (TPSA) is 29.1 Å². The smallest absolute Gasteiger partial charge is 0.164 e. The molecule has 1 N–H and O–H groups in total. The van der Waals surface area contributed by atoms with Gasteiger partial charge in [0, 0.05) is 24.2 Å². The molecule has 2 heteroatoms. The molecule has 2 aromatic rings. The minimum absolute atomic E-state index is 0.183. The molecule has 0 bridgehead atoms. The molecule has 0 amide bonds. The lowest BCUT2D eigenvalue weighted by Crippen LogP contribution is -2.09. The molecule has 0 saturated heterocycles. The lowest BCUT2D eigenvalue weighted by molar-refractivity contribution is 0.0986. The summed E-state index contributed by atoms with van der Waals surface area (Å²) < 4.78 is 0. The van der Waals surface area contributed by atoms with Crippen molar-refractivity contribution in [3.05, 3.63) is 64.7 Å². The van der Waals surface area contributed by atoms with Crippen molar-refractivity contribution < 1.29 is 4.79 Å². The third-order valence-corrected chi connectivity index (χ3v) is 3.42. The van der Waals surface area contributed by atoms with Gasteiger partial charge < -0.3 is 5.32 Å². The summed E-state index contributed by atoms with van der Waals surface area (Å²) in [7, 11) is 0. The van der Waals surface area contributed by atoms with Crippen LogP contribution in [-0.2, 0) is 0 Å². The first-order valence-corrected chi connectivity index (χ1v) is 6.97. The van der Waals surface area contributed by atoms with Gasteiger partial charge in [0.2, 0.25) is 0 Å². The van der Waals surface area contributed by atoms with E-state index < -0.39 is 0 Å². The fraction of sp³-hybridized carbons (Fsp3) is 0.278. The first kappa shape index (κ1) is 14.3. The van der Waals surface area contributed by atoms with Gasteiger partial charge >= 0.3 is 0 Å². The molecule has 0 unspecified atom stereocenters. The minimum Gasteiger partial charge on any atom is -0.384 e. The number of Topliss-reactive ketones (excluding diaryl/α,β-unsaturated/α-hetero) is 1. The van der Waals surface area contributed by atoms with E-state index in [0.29, 0.717) is 13.0 Å². The van der Waals surface area contributed by atoms with E-state index in [0.717, 1.165) is 11.3 Å². The van der Waals surface area contributed by atoms with Crippen molar-refractivity contribution >= 4 is 11.5 Å². The number of anilines is 1. The molecule has 0 aliphatic carbocycles. The maximum atomic E-state index is 12.0. The summed E-state index contributed by atoms with van der Waals surface area (Å²) in [5.41, 5.74) is 5.54. The average molecular weight is 267 g/mol. The summed E-state index contributed by atoms with van der Waals surface area (Å²) >= 11 is 0. The Morgan fingerprint density at radius 2 is 1.60 bits per heavy atom. The van der Waals surface area contributed by atoms with Crippen LogP contribution in [0, 0.1) is 20.8 Å². The van der Waals surface area contributed by atoms with Crippen LogP contribution in [-0.4, -0.2) is 12.3 Å². The number of ketones is 1. The molecule has 0 atom stereocenters. The molecule has 0 fully saturated rings. The summed E-state index contributed by atoms with van der Waals surface area (Å²) in [6.07, 6.45) is 0.510. The van der Waals surface area contributed by atoms with Crippen LogP contribution in [0.25, 0.3) is 0 Å². The summed E-state index contributed by atoms with van der Waals surface area (Å²) in [6.45, 7) is 6.85. The molecule has 0 saturated carbocycles. The van der Waals surface area contributed by atoms with Gasteiger partial charge in [0.15, 0.2) is 5.78 Å². The highest BCUT2D eigenvalue weighted by atomic mass is 16.1. The van der Waals surface area contributed by atoms with E-state index in [2.05, 4.69) is 37.4 Å². The van der Waals surface area contributed by atoms with Crippen molar-refractivity contribution in [2.75, 3.05) is 11.9 Å². The maximum absolute atomic E-state index is 12.0. The van der Waals surface area contributed by atoms with Crippen LogP contribution in [0.3, 0.4) is 0 Å². The lowest BCUT2D eigenvalue weighted by Gasteiger charge is -2.10. The Morgan fingerprint density at radius 3 is 2.25 bits per heavy atom. The predicted molar refractivity (Wildman–Crippen MR) is 84.5 cm³/mol. The Balaban J connectivity index is 1.89. The second-order valence-corrected chi connectivity index (χ2v) is 5.28. The first-order chi connectivity index (χ1) is 9.56. The van der Waals surface area contributed by atoms with E-state index in [1.807, 2.05) is 31.2 Å². The number of carbonyl (C=O) groups excluding carboxylic acids is 1. The van der Waals surface area contributed by atoms with Gasteiger partial charge in [-0.25, -0.2) is 0 Å². The molecule has 2 rings (SSSR count). The number of hydrogen-bond acceptors (Lipinski definition) is 2. The van der Waals surface area contributed by atoms with Gasteiger partial charge in [-0.3, -0.25) is 4.79 Å². The van der Waals surface area contributed by atoms with Gasteiger partial charge in [0.25, 0.3) is 0 Å². The standard InChI is InChI=1S/C18H21NO/c1-13-4-7-16(8-5-13)18(20)10-11-19-17-9-6-14(2)12-15(17)3/h4-9,12,19H,10-11H2,1-3H3. The molecule has 20 heavy (non-hydrogen) atoms. The first-order valence-electron chi connectivity index (χ1n) is 6.97. The highest BCUT2D eigenvalue weighted by molar-refractivity contribution is 5.96. The third kappa shape index (κ3) is 3.70. The van der Waals surface area contributed by atoms with Crippen LogP contribution in [0.1, 0.15) is 33.5 Å². The van der Waals surface area contributed by atoms with Gasteiger partial charge in [-0.05, 0) is 32.4 Å². The Morgan fingerprint density at radius 1 is 0.950 bits per heavy atom. The predicted octanol–water partition coefficient (Wildman–Crippen LogP) is 4.30. The molecular formula is C18H21NO. The largest absolute Gasteiger partial charge is 0.384 e. The number of hydrogen-bond donors (Lipinski definition) is 1.